The van der Waals surface area contributed by atoms with Crippen molar-refractivity contribution in [1.82, 2.24) is 15.2 Å². The van der Waals surface area contributed by atoms with E-state index in [1.165, 1.54) is 16.2 Å². The molecule has 7 heteroatoms. The van der Waals surface area contributed by atoms with Gasteiger partial charge in [-0.15, -0.1) is 11.3 Å². The largest absolute Gasteiger partial charge is 0.480 e. The number of rotatable bonds is 5. The molecule has 2 rings (SSSR count). The first kappa shape index (κ1) is 12.8. The van der Waals surface area contributed by atoms with Crippen molar-refractivity contribution in [3.8, 4) is 0 Å². The molecular weight excluding hydrogens is 254 g/mol. The summed E-state index contributed by atoms with van der Waals surface area (Å²) >= 11 is 1.52. The predicted octanol–water partition coefficient (Wildman–Crippen LogP) is 1.21. The summed E-state index contributed by atoms with van der Waals surface area (Å²) in [6.07, 6.45) is 3.52. The summed E-state index contributed by atoms with van der Waals surface area (Å²) in [4.78, 5) is 29.2. The molecule has 1 aromatic heterocycles. The fraction of sp³-hybridized carbons (Fsp3) is 0.545. The molecule has 2 N–H and O–H groups in total. The lowest BCUT2D eigenvalue weighted by Crippen LogP contribution is -2.43. The Kier molecular flexibility index (Phi) is 3.81. The molecule has 6 nitrogen and oxygen atoms in total. The topological polar surface area (TPSA) is 82.5 Å². The number of aromatic nitrogens is 1. The molecule has 0 unspecified atom stereocenters. The van der Waals surface area contributed by atoms with E-state index in [-0.39, 0.29) is 18.6 Å². The Hall–Kier alpha value is -1.63. The van der Waals surface area contributed by atoms with Crippen LogP contribution in [0.5, 0.6) is 0 Å². The number of amides is 2. The van der Waals surface area contributed by atoms with Gasteiger partial charge < -0.3 is 15.3 Å². The molecule has 1 aromatic rings. The van der Waals surface area contributed by atoms with Gasteiger partial charge >= 0.3 is 12.0 Å². The molecule has 0 saturated heterocycles. The zero-order chi connectivity index (χ0) is 13.1. The molecular formula is C11H15N3O3S. The molecule has 1 fully saturated rings. The fourth-order valence-corrected chi connectivity index (χ4v) is 2.36. The second-order valence-corrected chi connectivity index (χ2v) is 5.60. The second-order valence-electron chi connectivity index (χ2n) is 4.28. The minimum atomic E-state index is -0.984. The summed E-state index contributed by atoms with van der Waals surface area (Å²) in [7, 11) is 0. The van der Waals surface area contributed by atoms with Gasteiger partial charge in [-0.1, -0.05) is 0 Å². The normalized spacial score (nSPS) is 14.3. The number of carboxylic acid groups (broad SMARTS) is 1. The fourth-order valence-electron chi connectivity index (χ4n) is 1.63. The van der Waals surface area contributed by atoms with Gasteiger partial charge in [0.1, 0.15) is 11.6 Å². The van der Waals surface area contributed by atoms with Crippen LogP contribution < -0.4 is 5.32 Å². The molecule has 0 atom stereocenters. The van der Waals surface area contributed by atoms with Crippen LogP contribution in [-0.2, 0) is 11.3 Å². The van der Waals surface area contributed by atoms with Crippen molar-refractivity contribution < 1.29 is 14.7 Å². The first-order chi connectivity index (χ1) is 8.56. The zero-order valence-corrected chi connectivity index (χ0v) is 10.9. The van der Waals surface area contributed by atoms with Gasteiger partial charge in [0.15, 0.2) is 0 Å². The Balaban J connectivity index is 1.87. The molecule has 1 aliphatic carbocycles. The summed E-state index contributed by atoms with van der Waals surface area (Å²) < 4.78 is 0. The quantitative estimate of drug-likeness (QED) is 0.841. The van der Waals surface area contributed by atoms with Crippen LogP contribution in [0.25, 0.3) is 0 Å². The summed E-state index contributed by atoms with van der Waals surface area (Å²) in [5.74, 6) is -0.984. The van der Waals surface area contributed by atoms with Gasteiger partial charge in [0.2, 0.25) is 0 Å². The Bertz CT molecular complexity index is 456. The first-order valence-corrected chi connectivity index (χ1v) is 6.55. The van der Waals surface area contributed by atoms with Gasteiger partial charge in [-0.25, -0.2) is 9.78 Å². The maximum Gasteiger partial charge on any atom is 0.323 e. The van der Waals surface area contributed by atoms with Gasteiger partial charge in [0.05, 0.1) is 6.54 Å². The van der Waals surface area contributed by atoms with Crippen LogP contribution in [0.3, 0.4) is 0 Å². The van der Waals surface area contributed by atoms with Crippen LogP contribution in [0, 0.1) is 6.92 Å². The Morgan fingerprint density at radius 1 is 1.61 bits per heavy atom. The van der Waals surface area contributed by atoms with Crippen molar-refractivity contribution in [1.29, 1.82) is 0 Å². The maximum absolute atomic E-state index is 11.9. The van der Waals surface area contributed by atoms with Crippen LogP contribution in [0.1, 0.15) is 22.7 Å². The van der Waals surface area contributed by atoms with E-state index in [4.69, 9.17) is 5.11 Å². The van der Waals surface area contributed by atoms with E-state index in [2.05, 4.69) is 10.3 Å². The van der Waals surface area contributed by atoms with Crippen LogP contribution in [-0.4, -0.2) is 39.6 Å². The van der Waals surface area contributed by atoms with Gasteiger partial charge in [0, 0.05) is 17.1 Å². The lowest BCUT2D eigenvalue weighted by molar-refractivity contribution is -0.137. The summed E-state index contributed by atoms with van der Waals surface area (Å²) in [5.41, 5.74) is 0. The van der Waals surface area contributed by atoms with Crippen molar-refractivity contribution in [2.45, 2.75) is 32.4 Å². The number of nitrogens with zero attached hydrogens (tertiary/aromatic N) is 2. The SMILES string of the molecule is Cc1cnc(CNC(=O)N(CC(=O)O)C2CC2)s1. The molecule has 0 radical (unpaired) electrons. The predicted molar refractivity (Wildman–Crippen MR) is 66.5 cm³/mol. The number of aliphatic carboxylic acids is 1. The number of hydrogen-bond donors (Lipinski definition) is 2. The summed E-state index contributed by atoms with van der Waals surface area (Å²) in [5, 5.41) is 12.3. The number of aryl methyl sites for hydroxylation is 1. The zero-order valence-electron chi connectivity index (χ0n) is 10.0. The van der Waals surface area contributed by atoms with Gasteiger partial charge in [0.25, 0.3) is 0 Å². The van der Waals surface area contributed by atoms with E-state index in [1.807, 2.05) is 6.92 Å². The molecule has 2 amide bonds. The number of carbonyl (C=O) groups excluding carboxylic acids is 1. The molecule has 0 aromatic carbocycles. The van der Waals surface area contributed by atoms with E-state index >= 15 is 0 Å². The lowest BCUT2D eigenvalue weighted by Gasteiger charge is -2.20. The van der Waals surface area contributed by atoms with Crippen LogP contribution in [0.4, 0.5) is 4.79 Å². The third kappa shape index (κ3) is 3.43. The van der Waals surface area contributed by atoms with Gasteiger partial charge in [-0.2, -0.15) is 0 Å². The van der Waals surface area contributed by atoms with Gasteiger partial charge in [-0.05, 0) is 19.8 Å². The number of nitrogens with one attached hydrogen (secondary N) is 1. The smallest absolute Gasteiger partial charge is 0.323 e. The van der Waals surface area contributed by atoms with E-state index in [0.717, 1.165) is 22.7 Å². The summed E-state index contributed by atoms with van der Waals surface area (Å²) in [6.45, 7) is 2.05. The van der Waals surface area contributed by atoms with Crippen molar-refractivity contribution in [3.05, 3.63) is 16.1 Å². The molecule has 1 saturated carbocycles. The third-order valence-electron chi connectivity index (χ3n) is 2.61. The van der Waals surface area contributed by atoms with Crippen molar-refractivity contribution in [2.75, 3.05) is 6.54 Å². The average Bonchev–Trinajstić information content (AvgIpc) is 3.06. The number of hydrogen-bond acceptors (Lipinski definition) is 4. The Morgan fingerprint density at radius 2 is 2.33 bits per heavy atom. The number of urea groups is 1. The highest BCUT2D eigenvalue weighted by molar-refractivity contribution is 7.11. The van der Waals surface area contributed by atoms with Crippen LogP contribution >= 0.6 is 11.3 Å². The molecule has 1 heterocycles. The van der Waals surface area contributed by atoms with Crippen LogP contribution in [0.15, 0.2) is 6.20 Å². The van der Waals surface area contributed by atoms with Crippen molar-refractivity contribution >= 4 is 23.3 Å². The monoisotopic (exact) mass is 269 g/mol. The maximum atomic E-state index is 11.9. The number of thiazole rings is 1. The lowest BCUT2D eigenvalue weighted by atomic mass is 10.5. The molecule has 98 valence electrons. The average molecular weight is 269 g/mol. The number of carbonyl (C=O) groups is 2. The highest BCUT2D eigenvalue weighted by atomic mass is 32.1. The van der Waals surface area contributed by atoms with Crippen molar-refractivity contribution in [2.24, 2.45) is 0 Å². The standard InChI is InChI=1S/C11H15N3O3S/c1-7-4-12-9(18-7)5-13-11(17)14(6-10(15)16)8-2-3-8/h4,8H,2-3,5-6H2,1H3,(H,13,17)(H,15,16). The van der Waals surface area contributed by atoms with E-state index in [1.54, 1.807) is 6.20 Å². The number of carboxylic acids is 1. The molecule has 0 bridgehead atoms. The molecule has 0 aliphatic heterocycles. The van der Waals surface area contributed by atoms with E-state index in [0.29, 0.717) is 6.54 Å². The highest BCUT2D eigenvalue weighted by Crippen LogP contribution is 2.26. The van der Waals surface area contributed by atoms with Gasteiger partial charge in [-0.3, -0.25) is 4.79 Å². The summed E-state index contributed by atoms with van der Waals surface area (Å²) in [6, 6.07) is -0.244. The Morgan fingerprint density at radius 3 is 2.83 bits per heavy atom. The molecule has 18 heavy (non-hydrogen) atoms. The third-order valence-corrected chi connectivity index (χ3v) is 3.53. The second kappa shape index (κ2) is 5.34. The molecule has 1 aliphatic rings. The highest BCUT2D eigenvalue weighted by Gasteiger charge is 2.33. The van der Waals surface area contributed by atoms with Crippen molar-refractivity contribution in [3.63, 3.8) is 0 Å². The minimum Gasteiger partial charge on any atom is -0.480 e. The Labute approximate surface area is 109 Å². The minimum absolute atomic E-state index is 0.0825. The van der Waals surface area contributed by atoms with E-state index in [9.17, 15) is 9.59 Å². The molecule has 0 spiro atoms. The van der Waals surface area contributed by atoms with Crippen LogP contribution in [0.2, 0.25) is 0 Å². The first-order valence-electron chi connectivity index (χ1n) is 5.74. The van der Waals surface area contributed by atoms with E-state index < -0.39 is 5.97 Å².